The van der Waals surface area contributed by atoms with Gasteiger partial charge in [-0.2, -0.15) is 0 Å². The Balaban J connectivity index is 1.37. The molecule has 3 aliphatic carbocycles. The first-order valence-electron chi connectivity index (χ1n) is 27.9. The summed E-state index contributed by atoms with van der Waals surface area (Å²) in [4.78, 5) is 31.7. The first-order valence-corrected chi connectivity index (χ1v) is 27.9. The molecule has 3 fully saturated rings. The molecule has 0 spiro atoms. The van der Waals surface area contributed by atoms with Gasteiger partial charge in [-0.25, -0.2) is 0 Å². The fraction of sp³-hybridized carbons (Fsp3) is 0.600. The standard InChI is InChI=1S/C60H84N6O6/c1-7-25-67-55-31-44-38-62-51-21-15-16-22-52(51)64-40-46-34-60(72-30-12-6)48(36-59(46)71-29-11-5)42-66-54-24-18-17-23-53(54)65-41-47-35-57(69-27-9-3)45(33-58(47)70-28-10-4)39-63-50-20-14-13-19-49(50)61-37-43(55)32-56(44)68-26-8-2/h31-42,49-54H,7-30H2,1-6H3/t49-,50-,51-,52-,53-,54-/m1/s1. The van der Waals surface area contributed by atoms with Gasteiger partial charge in [0, 0.05) is 70.7 Å². The van der Waals surface area contributed by atoms with Gasteiger partial charge in [-0.1, -0.05) is 80.1 Å². The first kappa shape index (κ1) is 54.3. The summed E-state index contributed by atoms with van der Waals surface area (Å²) in [6.45, 7) is 16.3. The third-order valence-corrected chi connectivity index (χ3v) is 13.7. The predicted octanol–water partition coefficient (Wildman–Crippen LogP) is 13.3. The van der Waals surface area contributed by atoms with E-state index in [4.69, 9.17) is 58.4 Å². The number of nitrogens with zero attached hydrogens (tertiary/aromatic N) is 6. The van der Waals surface area contributed by atoms with Crippen molar-refractivity contribution in [2.45, 2.75) is 193 Å². The van der Waals surface area contributed by atoms with Crippen LogP contribution in [0.2, 0.25) is 0 Å². The highest BCUT2D eigenvalue weighted by molar-refractivity contribution is 5.93. The van der Waals surface area contributed by atoms with Crippen molar-refractivity contribution in [2.24, 2.45) is 30.0 Å². The summed E-state index contributed by atoms with van der Waals surface area (Å²) >= 11 is 0. The van der Waals surface area contributed by atoms with E-state index in [1.807, 2.05) is 37.3 Å². The largest absolute Gasteiger partial charge is 0.493 e. The maximum Gasteiger partial charge on any atom is 0.128 e. The van der Waals surface area contributed by atoms with E-state index < -0.39 is 0 Å². The van der Waals surface area contributed by atoms with Gasteiger partial charge < -0.3 is 28.4 Å². The van der Waals surface area contributed by atoms with Gasteiger partial charge in [0.2, 0.25) is 0 Å². The van der Waals surface area contributed by atoms with Crippen molar-refractivity contribution in [1.82, 2.24) is 0 Å². The van der Waals surface area contributed by atoms with Crippen molar-refractivity contribution in [1.29, 1.82) is 0 Å². The van der Waals surface area contributed by atoms with Gasteiger partial charge in [0.1, 0.15) is 34.5 Å². The fourth-order valence-corrected chi connectivity index (χ4v) is 9.78. The SMILES string of the molecule is CCCOc1cc2c(OCCC)cc1C=N[C@@H]1CCCC[C@H]1N=Cc1cc(OCCC)c(cc1OCCC)C=N[C@@H]1CCCC[C@H]1N=Cc1cc(OCCC)c(cc1OCCC)C=N[C@@H]1CCCC[C@H]1N=C2. The Morgan fingerprint density at radius 2 is 0.431 bits per heavy atom. The molecule has 72 heavy (non-hydrogen) atoms. The highest BCUT2D eigenvalue weighted by atomic mass is 16.5. The van der Waals surface area contributed by atoms with E-state index in [-0.39, 0.29) is 36.3 Å². The van der Waals surface area contributed by atoms with Crippen LogP contribution in [0, 0.1) is 0 Å². The number of rotatable bonds is 18. The van der Waals surface area contributed by atoms with Gasteiger partial charge in [-0.3, -0.25) is 30.0 Å². The summed E-state index contributed by atoms with van der Waals surface area (Å²) in [5, 5.41) is 0. The zero-order valence-corrected chi connectivity index (χ0v) is 44.5. The quantitative estimate of drug-likeness (QED) is 0.125. The summed E-state index contributed by atoms with van der Waals surface area (Å²) in [7, 11) is 0. The number of hydrogen-bond acceptors (Lipinski definition) is 12. The lowest BCUT2D eigenvalue weighted by Crippen LogP contribution is -2.27. The molecule has 0 aromatic heterocycles. The molecule has 6 bridgehead atoms. The molecule has 12 rings (SSSR count). The highest BCUT2D eigenvalue weighted by Gasteiger charge is 2.27. The normalized spacial score (nSPS) is 22.2. The Hall–Kier alpha value is -5.52. The van der Waals surface area contributed by atoms with Gasteiger partial charge in [-0.05, 0) is 113 Å². The number of hydrogen-bond donors (Lipinski definition) is 0. The maximum atomic E-state index is 6.47. The van der Waals surface area contributed by atoms with Gasteiger partial charge >= 0.3 is 0 Å². The van der Waals surface area contributed by atoms with E-state index in [1.165, 1.54) is 0 Å². The summed E-state index contributed by atoms with van der Waals surface area (Å²) in [6.07, 6.45) is 29.6. The molecule has 0 saturated heterocycles. The molecule has 390 valence electrons. The Labute approximate surface area is 431 Å². The van der Waals surface area contributed by atoms with Crippen LogP contribution < -0.4 is 28.4 Å². The van der Waals surface area contributed by atoms with E-state index in [9.17, 15) is 0 Å². The van der Waals surface area contributed by atoms with Crippen LogP contribution in [0.15, 0.2) is 66.4 Å². The molecule has 12 heteroatoms. The molecule has 3 saturated carbocycles. The van der Waals surface area contributed by atoms with Crippen LogP contribution in [0.4, 0.5) is 0 Å². The van der Waals surface area contributed by atoms with E-state index in [2.05, 4.69) is 77.9 Å². The summed E-state index contributed by atoms with van der Waals surface area (Å²) in [6, 6.07) is 12.6. The molecule has 0 radical (unpaired) electrons. The van der Waals surface area contributed by atoms with Crippen molar-refractivity contribution in [2.75, 3.05) is 39.6 Å². The van der Waals surface area contributed by atoms with E-state index in [0.29, 0.717) is 39.6 Å². The van der Waals surface area contributed by atoms with Crippen LogP contribution in [-0.2, 0) is 0 Å². The molecule has 0 unspecified atom stereocenters. The van der Waals surface area contributed by atoms with Crippen molar-refractivity contribution in [3.8, 4) is 34.5 Å². The topological polar surface area (TPSA) is 130 Å². The molecule has 9 aliphatic rings. The first-order chi connectivity index (χ1) is 35.4. The van der Waals surface area contributed by atoms with E-state index in [1.54, 1.807) is 0 Å². The molecule has 6 atom stereocenters. The van der Waals surface area contributed by atoms with Crippen LogP contribution in [0.3, 0.4) is 0 Å². The van der Waals surface area contributed by atoms with Crippen LogP contribution >= 0.6 is 0 Å². The Bertz CT molecular complexity index is 1920. The zero-order chi connectivity index (χ0) is 50.3. The molecule has 0 N–H and O–H groups in total. The molecule has 3 aromatic carbocycles. The molecule has 0 amide bonds. The summed E-state index contributed by atoms with van der Waals surface area (Å²) in [5.74, 6) is 4.63. The average Bonchev–Trinajstić information content (AvgIpc) is 3.41. The van der Waals surface area contributed by atoms with Gasteiger partial charge in [0.25, 0.3) is 0 Å². The minimum Gasteiger partial charge on any atom is -0.493 e. The monoisotopic (exact) mass is 985 g/mol. The van der Waals surface area contributed by atoms with Crippen LogP contribution in [0.25, 0.3) is 0 Å². The Morgan fingerprint density at radius 3 is 0.569 bits per heavy atom. The number of ether oxygens (including phenoxy) is 6. The van der Waals surface area contributed by atoms with E-state index in [0.717, 1.165) is 183 Å². The molecule has 6 aliphatic heterocycles. The van der Waals surface area contributed by atoms with Crippen LogP contribution in [-0.4, -0.2) is 113 Å². The lowest BCUT2D eigenvalue weighted by molar-refractivity contribution is 0.307. The van der Waals surface area contributed by atoms with Gasteiger partial charge in [0.05, 0.1) is 75.9 Å². The van der Waals surface area contributed by atoms with Crippen molar-refractivity contribution in [3.63, 3.8) is 0 Å². The van der Waals surface area contributed by atoms with Crippen molar-refractivity contribution < 1.29 is 28.4 Å². The van der Waals surface area contributed by atoms with Crippen LogP contribution in [0.1, 0.15) is 190 Å². The summed E-state index contributed by atoms with van der Waals surface area (Å²) < 4.78 is 38.8. The zero-order valence-electron chi connectivity index (χ0n) is 44.5. The molecule has 3 aromatic rings. The molecule has 6 heterocycles. The highest BCUT2D eigenvalue weighted by Crippen LogP contribution is 2.35. The van der Waals surface area contributed by atoms with Crippen molar-refractivity contribution in [3.05, 3.63) is 69.8 Å². The minimum absolute atomic E-state index is 0.00947. The third-order valence-electron chi connectivity index (χ3n) is 13.7. The summed E-state index contributed by atoms with van der Waals surface area (Å²) in [5.41, 5.74) is 5.36. The molecular weight excluding hydrogens is 901 g/mol. The van der Waals surface area contributed by atoms with E-state index >= 15 is 0 Å². The average molecular weight is 985 g/mol. The fourth-order valence-electron chi connectivity index (χ4n) is 9.78. The smallest absolute Gasteiger partial charge is 0.128 e. The van der Waals surface area contributed by atoms with Crippen LogP contribution in [0.5, 0.6) is 34.5 Å². The lowest BCUT2D eigenvalue weighted by atomic mass is 9.91. The predicted molar refractivity (Wildman–Crippen MR) is 298 cm³/mol. The van der Waals surface area contributed by atoms with Gasteiger partial charge in [-0.15, -0.1) is 0 Å². The Kier molecular flexibility index (Phi) is 22.0. The second-order valence-electron chi connectivity index (χ2n) is 19.8. The maximum absolute atomic E-state index is 6.47. The second kappa shape index (κ2) is 29.2. The minimum atomic E-state index is 0.00947. The molecular formula is C60H84N6O6. The Morgan fingerprint density at radius 1 is 0.278 bits per heavy atom. The molecule has 12 nitrogen and oxygen atoms in total. The second-order valence-corrected chi connectivity index (χ2v) is 19.8. The number of aliphatic imine (C=N–C) groups is 6. The van der Waals surface area contributed by atoms with Gasteiger partial charge in [0.15, 0.2) is 0 Å². The lowest BCUT2D eigenvalue weighted by Gasteiger charge is -2.26. The third kappa shape index (κ3) is 15.5. The van der Waals surface area contributed by atoms with Crippen molar-refractivity contribution >= 4 is 37.3 Å². The number of benzene rings is 3.